The number of rotatable bonds is 1. The van der Waals surface area contributed by atoms with Crippen LogP contribution in [-0.4, -0.2) is 15.2 Å². The van der Waals surface area contributed by atoms with Crippen LogP contribution in [0.2, 0.25) is 0 Å². The Morgan fingerprint density at radius 3 is 2.42 bits per heavy atom. The maximum atomic E-state index is 3.97. The Labute approximate surface area is 70.1 Å². The maximum absolute atomic E-state index is 3.97. The van der Waals surface area contributed by atoms with E-state index in [-0.39, 0.29) is 0 Å². The Bertz CT molecular complexity index is 307. The molecule has 0 aliphatic rings. The van der Waals surface area contributed by atoms with Crippen molar-refractivity contribution in [2.75, 3.05) is 0 Å². The van der Waals surface area contributed by atoms with E-state index in [0.29, 0.717) is 0 Å². The van der Waals surface area contributed by atoms with Gasteiger partial charge in [0.1, 0.15) is 0 Å². The van der Waals surface area contributed by atoms with Crippen molar-refractivity contribution >= 4 is 0 Å². The van der Waals surface area contributed by atoms with E-state index in [1.165, 1.54) is 0 Å². The Balaban J connectivity index is 2.46. The Kier molecular flexibility index (Phi) is 1.78. The maximum Gasteiger partial charge on any atom is 0.0930 e. The molecule has 58 valence electrons. The molecule has 0 aromatic carbocycles. The predicted molar refractivity (Wildman–Crippen MR) is 45.3 cm³/mol. The van der Waals surface area contributed by atoms with Gasteiger partial charge >= 0.3 is 0 Å². The molecule has 0 spiro atoms. The number of pyridine rings is 1. The van der Waals surface area contributed by atoms with Crippen LogP contribution in [0.1, 0.15) is 0 Å². The molecule has 0 bridgehead atoms. The topological polar surface area (TPSA) is 38.7 Å². The van der Waals surface area contributed by atoms with Gasteiger partial charge in [-0.2, -0.15) is 10.2 Å². The van der Waals surface area contributed by atoms with Crippen LogP contribution >= 0.6 is 0 Å². The minimum Gasteiger partial charge on any atom is -0.265 e. The van der Waals surface area contributed by atoms with E-state index in [1.54, 1.807) is 18.6 Å². The number of hydrogen-bond donors (Lipinski definition) is 0. The van der Waals surface area contributed by atoms with Crippen molar-refractivity contribution < 1.29 is 0 Å². The smallest absolute Gasteiger partial charge is 0.0930 e. The van der Waals surface area contributed by atoms with E-state index in [9.17, 15) is 0 Å². The summed E-state index contributed by atoms with van der Waals surface area (Å²) in [6.45, 7) is 0. The number of hydrogen-bond acceptors (Lipinski definition) is 3. The highest BCUT2D eigenvalue weighted by Crippen LogP contribution is 2.12. The Morgan fingerprint density at radius 2 is 1.75 bits per heavy atom. The first kappa shape index (κ1) is 6.91. The van der Waals surface area contributed by atoms with Crippen molar-refractivity contribution in [2.24, 2.45) is 0 Å². The van der Waals surface area contributed by atoms with Crippen LogP contribution in [0.4, 0.5) is 0 Å². The van der Waals surface area contributed by atoms with Crippen molar-refractivity contribution in [3.63, 3.8) is 0 Å². The fourth-order valence-electron chi connectivity index (χ4n) is 0.978. The SMILES string of the molecule is c1cnnc(-c2ccncc2)c1. The summed E-state index contributed by atoms with van der Waals surface area (Å²) in [4.78, 5) is 3.92. The first-order valence-corrected chi connectivity index (χ1v) is 3.65. The second-order valence-corrected chi connectivity index (χ2v) is 2.34. The molecule has 0 atom stereocenters. The average Bonchev–Trinajstić information content (AvgIpc) is 2.21. The summed E-state index contributed by atoms with van der Waals surface area (Å²) in [6, 6.07) is 7.60. The third-order valence-electron chi connectivity index (χ3n) is 1.55. The first-order valence-electron chi connectivity index (χ1n) is 3.65. The first-order chi connectivity index (χ1) is 5.97. The minimum atomic E-state index is 0.875. The van der Waals surface area contributed by atoms with Crippen LogP contribution in [0, 0.1) is 0 Å². The van der Waals surface area contributed by atoms with Crippen LogP contribution in [-0.2, 0) is 0 Å². The minimum absolute atomic E-state index is 0.875. The highest BCUT2D eigenvalue weighted by Gasteiger charge is 1.95. The van der Waals surface area contributed by atoms with Crippen LogP contribution in [0.5, 0.6) is 0 Å². The van der Waals surface area contributed by atoms with Crippen molar-refractivity contribution in [1.82, 2.24) is 15.2 Å². The molecule has 0 unspecified atom stereocenters. The van der Waals surface area contributed by atoms with Crippen molar-refractivity contribution in [3.8, 4) is 11.3 Å². The molecule has 2 aromatic heterocycles. The summed E-state index contributed by atoms with van der Waals surface area (Å²) in [5, 5.41) is 7.76. The normalized spacial score (nSPS) is 9.67. The fraction of sp³-hybridized carbons (Fsp3) is 0. The molecular weight excluding hydrogens is 150 g/mol. The Morgan fingerprint density at radius 1 is 0.917 bits per heavy atom. The molecule has 0 N–H and O–H groups in total. The zero-order valence-electron chi connectivity index (χ0n) is 6.38. The molecule has 0 radical (unpaired) electrons. The summed E-state index contributed by atoms with van der Waals surface area (Å²) in [5.74, 6) is 0. The summed E-state index contributed by atoms with van der Waals surface area (Å²) in [6.07, 6.45) is 5.14. The molecule has 0 aliphatic carbocycles. The van der Waals surface area contributed by atoms with Gasteiger partial charge in [-0.05, 0) is 24.3 Å². The lowest BCUT2D eigenvalue weighted by atomic mass is 10.2. The van der Waals surface area contributed by atoms with Gasteiger partial charge in [0.2, 0.25) is 0 Å². The number of nitrogens with zero attached hydrogens (tertiary/aromatic N) is 3. The van der Waals surface area contributed by atoms with E-state index < -0.39 is 0 Å². The van der Waals surface area contributed by atoms with Crippen LogP contribution in [0.3, 0.4) is 0 Å². The lowest BCUT2D eigenvalue weighted by Gasteiger charge is -1.95. The van der Waals surface area contributed by atoms with Gasteiger partial charge in [-0.3, -0.25) is 4.98 Å². The average molecular weight is 157 g/mol. The number of aromatic nitrogens is 3. The molecular formula is C9H7N3. The lowest BCUT2D eigenvalue weighted by Crippen LogP contribution is -1.84. The summed E-state index contributed by atoms with van der Waals surface area (Å²) < 4.78 is 0. The van der Waals surface area contributed by atoms with Gasteiger partial charge in [-0.25, -0.2) is 0 Å². The van der Waals surface area contributed by atoms with E-state index in [2.05, 4.69) is 15.2 Å². The molecule has 3 nitrogen and oxygen atoms in total. The molecule has 3 heteroatoms. The van der Waals surface area contributed by atoms with E-state index in [0.717, 1.165) is 11.3 Å². The monoisotopic (exact) mass is 157 g/mol. The van der Waals surface area contributed by atoms with Gasteiger partial charge in [0.25, 0.3) is 0 Å². The Hall–Kier alpha value is -1.77. The largest absolute Gasteiger partial charge is 0.265 e. The molecule has 0 fully saturated rings. The van der Waals surface area contributed by atoms with Crippen molar-refractivity contribution in [3.05, 3.63) is 42.9 Å². The van der Waals surface area contributed by atoms with Gasteiger partial charge < -0.3 is 0 Å². The van der Waals surface area contributed by atoms with Gasteiger partial charge in [0.15, 0.2) is 0 Å². The van der Waals surface area contributed by atoms with E-state index >= 15 is 0 Å². The zero-order chi connectivity index (χ0) is 8.23. The fourth-order valence-corrected chi connectivity index (χ4v) is 0.978. The molecule has 2 heterocycles. The molecule has 0 saturated carbocycles. The highest BCUT2D eigenvalue weighted by atomic mass is 15.1. The molecule has 12 heavy (non-hydrogen) atoms. The van der Waals surface area contributed by atoms with E-state index in [1.807, 2.05) is 24.3 Å². The second kappa shape index (κ2) is 3.09. The predicted octanol–water partition coefficient (Wildman–Crippen LogP) is 1.54. The van der Waals surface area contributed by atoms with Gasteiger partial charge in [-0.1, -0.05) is 0 Å². The molecule has 0 aliphatic heterocycles. The lowest BCUT2D eigenvalue weighted by molar-refractivity contribution is 1.04. The third-order valence-corrected chi connectivity index (χ3v) is 1.55. The molecule has 0 amide bonds. The van der Waals surface area contributed by atoms with Gasteiger partial charge in [-0.15, -0.1) is 0 Å². The standard InChI is InChI=1S/C9H7N3/c1-2-9(12-11-5-1)8-3-6-10-7-4-8/h1-7H. The highest BCUT2D eigenvalue weighted by molar-refractivity contribution is 5.56. The van der Waals surface area contributed by atoms with Crippen LogP contribution < -0.4 is 0 Å². The summed E-state index contributed by atoms with van der Waals surface area (Å²) >= 11 is 0. The second-order valence-electron chi connectivity index (χ2n) is 2.34. The quantitative estimate of drug-likeness (QED) is 0.630. The van der Waals surface area contributed by atoms with Gasteiger partial charge in [0.05, 0.1) is 5.69 Å². The van der Waals surface area contributed by atoms with Crippen molar-refractivity contribution in [2.45, 2.75) is 0 Å². The summed E-state index contributed by atoms with van der Waals surface area (Å²) in [7, 11) is 0. The molecule has 0 saturated heterocycles. The molecule has 2 aromatic rings. The third kappa shape index (κ3) is 1.29. The summed E-state index contributed by atoms with van der Waals surface area (Å²) in [5.41, 5.74) is 1.91. The van der Waals surface area contributed by atoms with Gasteiger partial charge in [0, 0.05) is 24.2 Å². The van der Waals surface area contributed by atoms with Crippen LogP contribution in [0.25, 0.3) is 11.3 Å². The molecule has 2 rings (SSSR count). The van der Waals surface area contributed by atoms with Crippen molar-refractivity contribution in [1.29, 1.82) is 0 Å². The zero-order valence-corrected chi connectivity index (χ0v) is 6.38. The van der Waals surface area contributed by atoms with E-state index in [4.69, 9.17) is 0 Å². The van der Waals surface area contributed by atoms with Crippen LogP contribution in [0.15, 0.2) is 42.9 Å².